The van der Waals surface area contributed by atoms with E-state index in [2.05, 4.69) is 21.2 Å². The second-order valence-corrected chi connectivity index (χ2v) is 5.41. The molecule has 3 nitrogen and oxygen atoms in total. The van der Waals surface area contributed by atoms with Crippen molar-refractivity contribution >= 4 is 50.7 Å². The number of phenols is 1. The minimum atomic E-state index is -0.456. The zero-order valence-corrected chi connectivity index (χ0v) is 12.6. The summed E-state index contributed by atoms with van der Waals surface area (Å²) in [5.74, 6) is -0.576. The minimum absolute atomic E-state index is 0.120. The highest BCUT2D eigenvalue weighted by Gasteiger charge is 2.14. The van der Waals surface area contributed by atoms with E-state index < -0.39 is 5.91 Å². The van der Waals surface area contributed by atoms with E-state index in [4.69, 9.17) is 23.2 Å². The third-order valence-corrected chi connectivity index (χ3v) is 3.60. The van der Waals surface area contributed by atoms with E-state index in [1.807, 2.05) is 0 Å². The first-order valence-corrected chi connectivity index (χ1v) is 6.78. The highest BCUT2D eigenvalue weighted by molar-refractivity contribution is 9.10. The zero-order chi connectivity index (χ0) is 14.0. The molecular formula is C13H8BrCl2NO2. The molecule has 0 aliphatic heterocycles. The van der Waals surface area contributed by atoms with Gasteiger partial charge in [0.15, 0.2) is 0 Å². The summed E-state index contributed by atoms with van der Waals surface area (Å²) < 4.78 is 0.447. The fourth-order valence-corrected chi connectivity index (χ4v) is 2.30. The topological polar surface area (TPSA) is 49.3 Å². The maximum atomic E-state index is 12.0. The maximum Gasteiger partial charge on any atom is 0.259 e. The first-order chi connectivity index (χ1) is 8.99. The van der Waals surface area contributed by atoms with Gasteiger partial charge in [-0.2, -0.15) is 0 Å². The van der Waals surface area contributed by atoms with Gasteiger partial charge in [0.1, 0.15) is 5.75 Å². The van der Waals surface area contributed by atoms with Gasteiger partial charge in [-0.05, 0) is 46.3 Å². The van der Waals surface area contributed by atoms with Gasteiger partial charge >= 0.3 is 0 Å². The Morgan fingerprint density at radius 2 is 1.95 bits per heavy atom. The Balaban J connectivity index is 2.28. The molecule has 0 saturated heterocycles. The molecule has 0 atom stereocenters. The van der Waals surface area contributed by atoms with Crippen molar-refractivity contribution in [3.63, 3.8) is 0 Å². The average molecular weight is 361 g/mol. The van der Waals surface area contributed by atoms with Gasteiger partial charge < -0.3 is 10.4 Å². The molecule has 1 amide bonds. The van der Waals surface area contributed by atoms with Crippen LogP contribution in [0.4, 0.5) is 5.69 Å². The zero-order valence-electron chi connectivity index (χ0n) is 9.45. The summed E-state index contributed by atoms with van der Waals surface area (Å²) in [5.41, 5.74) is 0.579. The molecule has 0 radical (unpaired) electrons. The van der Waals surface area contributed by atoms with Crippen LogP contribution in [0.25, 0.3) is 0 Å². The lowest BCUT2D eigenvalue weighted by molar-refractivity contribution is 0.102. The quantitative estimate of drug-likeness (QED) is 0.814. The number of hydrogen-bond acceptors (Lipinski definition) is 2. The van der Waals surface area contributed by atoms with E-state index in [9.17, 15) is 9.90 Å². The molecule has 2 rings (SSSR count). The second-order valence-electron chi connectivity index (χ2n) is 3.71. The summed E-state index contributed by atoms with van der Waals surface area (Å²) >= 11 is 14.9. The highest BCUT2D eigenvalue weighted by atomic mass is 79.9. The molecule has 6 heteroatoms. The molecule has 0 aromatic heterocycles. The molecule has 0 aliphatic rings. The number of phenolic OH excluding ortho intramolecular Hbond substituents is 1. The number of anilines is 1. The summed E-state index contributed by atoms with van der Waals surface area (Å²) in [6.07, 6.45) is 0. The monoisotopic (exact) mass is 359 g/mol. The molecular weight excluding hydrogens is 353 g/mol. The lowest BCUT2D eigenvalue weighted by Crippen LogP contribution is -2.12. The molecule has 0 spiro atoms. The molecule has 0 aliphatic carbocycles. The van der Waals surface area contributed by atoms with E-state index in [0.29, 0.717) is 20.2 Å². The predicted octanol–water partition coefficient (Wildman–Crippen LogP) is 4.71. The lowest BCUT2D eigenvalue weighted by Gasteiger charge is -2.09. The van der Waals surface area contributed by atoms with E-state index in [1.165, 1.54) is 12.1 Å². The molecule has 2 N–H and O–H groups in total. The van der Waals surface area contributed by atoms with E-state index in [-0.39, 0.29) is 11.3 Å². The maximum absolute atomic E-state index is 12.0. The molecule has 0 fully saturated rings. The molecule has 0 heterocycles. The van der Waals surface area contributed by atoms with Gasteiger partial charge in [-0.1, -0.05) is 29.3 Å². The van der Waals surface area contributed by atoms with Crippen molar-refractivity contribution in [2.75, 3.05) is 5.32 Å². The number of amides is 1. The highest BCUT2D eigenvalue weighted by Crippen LogP contribution is 2.30. The fraction of sp³-hybridized carbons (Fsp3) is 0. The third kappa shape index (κ3) is 3.21. The van der Waals surface area contributed by atoms with Gasteiger partial charge in [-0.15, -0.1) is 0 Å². The number of benzene rings is 2. The van der Waals surface area contributed by atoms with Crippen LogP contribution in [0.2, 0.25) is 10.0 Å². The first kappa shape index (κ1) is 14.2. The van der Waals surface area contributed by atoms with Crippen molar-refractivity contribution in [1.82, 2.24) is 0 Å². The van der Waals surface area contributed by atoms with Crippen molar-refractivity contribution in [2.45, 2.75) is 0 Å². The number of para-hydroxylation sites is 1. The summed E-state index contributed by atoms with van der Waals surface area (Å²) in [6.45, 7) is 0. The van der Waals surface area contributed by atoms with Crippen molar-refractivity contribution < 1.29 is 9.90 Å². The van der Waals surface area contributed by atoms with Gasteiger partial charge in [-0.25, -0.2) is 0 Å². The van der Waals surface area contributed by atoms with Gasteiger partial charge in [0.05, 0.1) is 20.7 Å². The lowest BCUT2D eigenvalue weighted by atomic mass is 10.2. The number of halogens is 3. The molecule has 2 aromatic rings. The Morgan fingerprint density at radius 1 is 1.21 bits per heavy atom. The normalized spacial score (nSPS) is 10.3. The largest absolute Gasteiger partial charge is 0.506 e. The van der Waals surface area contributed by atoms with Crippen LogP contribution < -0.4 is 5.32 Å². The number of carbonyl (C=O) groups is 1. The van der Waals surface area contributed by atoms with E-state index in [0.717, 1.165) is 0 Å². The molecule has 98 valence electrons. The Kier molecular flexibility index (Phi) is 4.34. The van der Waals surface area contributed by atoms with Crippen LogP contribution in [0, 0.1) is 0 Å². The smallest absolute Gasteiger partial charge is 0.259 e. The molecule has 0 bridgehead atoms. The van der Waals surface area contributed by atoms with Crippen LogP contribution in [0.15, 0.2) is 40.9 Å². The SMILES string of the molecule is O=C(Nc1ccc(Cl)cc1Cl)c1cccc(Br)c1O. The molecule has 0 unspecified atom stereocenters. The molecule has 19 heavy (non-hydrogen) atoms. The molecule has 0 saturated carbocycles. The number of nitrogens with one attached hydrogen (secondary N) is 1. The van der Waals surface area contributed by atoms with Crippen molar-refractivity contribution in [1.29, 1.82) is 0 Å². The summed E-state index contributed by atoms with van der Waals surface area (Å²) in [7, 11) is 0. The van der Waals surface area contributed by atoms with Crippen LogP contribution in [0.1, 0.15) is 10.4 Å². The Morgan fingerprint density at radius 3 is 2.63 bits per heavy atom. The third-order valence-electron chi connectivity index (χ3n) is 2.41. The predicted molar refractivity (Wildman–Crippen MR) is 80.2 cm³/mol. The minimum Gasteiger partial charge on any atom is -0.506 e. The van der Waals surface area contributed by atoms with E-state index >= 15 is 0 Å². The van der Waals surface area contributed by atoms with E-state index in [1.54, 1.807) is 24.3 Å². The van der Waals surface area contributed by atoms with Gasteiger partial charge in [0, 0.05) is 5.02 Å². The number of carbonyl (C=O) groups excluding carboxylic acids is 1. The van der Waals surface area contributed by atoms with Gasteiger partial charge in [0.2, 0.25) is 0 Å². The van der Waals surface area contributed by atoms with Crippen molar-refractivity contribution in [3.8, 4) is 5.75 Å². The average Bonchev–Trinajstić information content (AvgIpc) is 2.36. The van der Waals surface area contributed by atoms with Crippen LogP contribution in [-0.4, -0.2) is 11.0 Å². The summed E-state index contributed by atoms with van der Waals surface area (Å²) in [6, 6.07) is 9.55. The number of aromatic hydroxyl groups is 1. The van der Waals surface area contributed by atoms with Gasteiger partial charge in [-0.3, -0.25) is 4.79 Å². The van der Waals surface area contributed by atoms with Crippen LogP contribution in [0.3, 0.4) is 0 Å². The number of rotatable bonds is 2. The van der Waals surface area contributed by atoms with Crippen LogP contribution in [-0.2, 0) is 0 Å². The Bertz CT molecular complexity index is 647. The summed E-state index contributed by atoms with van der Waals surface area (Å²) in [5, 5.41) is 13.2. The number of hydrogen-bond donors (Lipinski definition) is 2. The Hall–Kier alpha value is -1.23. The summed E-state index contributed by atoms with van der Waals surface area (Å²) in [4.78, 5) is 12.0. The first-order valence-electron chi connectivity index (χ1n) is 5.23. The van der Waals surface area contributed by atoms with Crippen molar-refractivity contribution in [2.24, 2.45) is 0 Å². The fourth-order valence-electron chi connectivity index (χ4n) is 1.48. The standard InChI is InChI=1S/C13H8BrCl2NO2/c14-9-3-1-2-8(12(9)18)13(19)17-11-5-4-7(15)6-10(11)16/h1-6,18H,(H,17,19). The van der Waals surface area contributed by atoms with Crippen LogP contribution in [0.5, 0.6) is 5.75 Å². The molecule has 2 aromatic carbocycles. The van der Waals surface area contributed by atoms with Crippen molar-refractivity contribution in [3.05, 3.63) is 56.5 Å². The Labute approximate surface area is 128 Å². The second kappa shape index (κ2) is 5.82. The van der Waals surface area contributed by atoms with Gasteiger partial charge in [0.25, 0.3) is 5.91 Å². The van der Waals surface area contributed by atoms with Crippen LogP contribution >= 0.6 is 39.1 Å².